The fourth-order valence-corrected chi connectivity index (χ4v) is 6.23. The van der Waals surface area contributed by atoms with Crippen molar-refractivity contribution in [3.63, 3.8) is 0 Å². The van der Waals surface area contributed by atoms with Crippen LogP contribution >= 0.6 is 0 Å². The first-order valence-corrected chi connectivity index (χ1v) is 12.8. The van der Waals surface area contributed by atoms with E-state index in [0.717, 1.165) is 35.5 Å². The van der Waals surface area contributed by atoms with Crippen molar-refractivity contribution in [1.29, 1.82) is 0 Å². The second-order valence-corrected chi connectivity index (χ2v) is 8.81. The highest BCUT2D eigenvalue weighted by Gasteiger charge is 2.38. The van der Waals surface area contributed by atoms with Gasteiger partial charge in [-0.2, -0.15) is 0 Å². The van der Waals surface area contributed by atoms with Gasteiger partial charge in [0.2, 0.25) is 0 Å². The summed E-state index contributed by atoms with van der Waals surface area (Å²) in [7, 11) is 0. The van der Waals surface area contributed by atoms with E-state index in [-0.39, 0.29) is 0 Å². The molecule has 0 aliphatic heterocycles. The van der Waals surface area contributed by atoms with Crippen molar-refractivity contribution < 1.29 is 0 Å². The van der Waals surface area contributed by atoms with Crippen molar-refractivity contribution in [2.45, 2.75) is 125 Å². The zero-order chi connectivity index (χ0) is 20.7. The standard InChI is InChI=1S/C21H38.2C2H6.C2H4/c1-3-17-7-6-8-18(15-17)12-14-20-16(2)11-13-19-9-4-5-10-21(19)20;3*1-2/h16-21H,3-15H2,1-2H3;2*1-2H3;1-2H2. The molecule has 6 atom stereocenters. The lowest BCUT2D eigenvalue weighted by Gasteiger charge is -2.45. The van der Waals surface area contributed by atoms with Crippen LogP contribution in [0.15, 0.2) is 13.2 Å². The van der Waals surface area contributed by atoms with E-state index >= 15 is 0 Å². The normalized spacial score (nSPS) is 35.0. The second-order valence-electron chi connectivity index (χ2n) is 8.81. The molecule has 0 N–H and O–H groups in total. The SMILES string of the molecule is C=C.CC.CC.CCC1CCCC(CCC2C(C)CCC3CCCCC32)C1. The first-order chi connectivity index (χ1) is 13.3. The molecule has 0 aromatic heterocycles. The molecule has 162 valence electrons. The van der Waals surface area contributed by atoms with Gasteiger partial charge in [-0.1, -0.05) is 99.3 Å². The summed E-state index contributed by atoms with van der Waals surface area (Å²) in [5.74, 6) is 6.50. The summed E-state index contributed by atoms with van der Waals surface area (Å²) in [5.41, 5.74) is 0. The molecule has 0 aromatic carbocycles. The topological polar surface area (TPSA) is 0 Å². The van der Waals surface area contributed by atoms with Gasteiger partial charge in [-0.15, -0.1) is 13.2 Å². The quantitative estimate of drug-likeness (QED) is 0.427. The van der Waals surface area contributed by atoms with E-state index in [9.17, 15) is 0 Å². The zero-order valence-electron chi connectivity index (χ0n) is 20.1. The summed E-state index contributed by atoms with van der Waals surface area (Å²) in [4.78, 5) is 0. The van der Waals surface area contributed by atoms with Crippen LogP contribution in [0.2, 0.25) is 0 Å². The van der Waals surface area contributed by atoms with E-state index in [1.54, 1.807) is 44.9 Å². The van der Waals surface area contributed by atoms with Gasteiger partial charge in [0, 0.05) is 0 Å². The van der Waals surface area contributed by atoms with E-state index < -0.39 is 0 Å². The third-order valence-corrected chi connectivity index (χ3v) is 7.62. The molecule has 0 aromatic rings. The molecule has 0 heteroatoms. The average Bonchev–Trinajstić information content (AvgIpc) is 2.77. The highest BCUT2D eigenvalue weighted by atomic mass is 14.4. The lowest BCUT2D eigenvalue weighted by atomic mass is 9.60. The van der Waals surface area contributed by atoms with Gasteiger partial charge < -0.3 is 0 Å². The Morgan fingerprint density at radius 1 is 0.704 bits per heavy atom. The van der Waals surface area contributed by atoms with Gasteiger partial charge in [-0.3, -0.25) is 0 Å². The summed E-state index contributed by atoms with van der Waals surface area (Å²) in [5, 5.41) is 0. The Morgan fingerprint density at radius 3 is 2.00 bits per heavy atom. The van der Waals surface area contributed by atoms with E-state index in [0.29, 0.717) is 0 Å². The monoisotopic (exact) mass is 378 g/mol. The summed E-state index contributed by atoms with van der Waals surface area (Å²) >= 11 is 0. The fourth-order valence-electron chi connectivity index (χ4n) is 6.23. The molecule has 3 aliphatic carbocycles. The van der Waals surface area contributed by atoms with Crippen LogP contribution in [0.4, 0.5) is 0 Å². The van der Waals surface area contributed by atoms with Crippen molar-refractivity contribution in [3.05, 3.63) is 13.2 Å². The van der Waals surface area contributed by atoms with Gasteiger partial charge in [0.25, 0.3) is 0 Å². The Labute approximate surface area is 174 Å². The minimum absolute atomic E-state index is 1.02. The molecule has 0 amide bonds. The summed E-state index contributed by atoms with van der Waals surface area (Å²) in [6.45, 7) is 19.0. The zero-order valence-corrected chi connectivity index (χ0v) is 20.1. The van der Waals surface area contributed by atoms with Crippen molar-refractivity contribution in [1.82, 2.24) is 0 Å². The predicted octanol–water partition coefficient (Wildman–Crippen LogP) is 9.69. The number of hydrogen-bond donors (Lipinski definition) is 0. The van der Waals surface area contributed by atoms with Gasteiger partial charge in [-0.25, -0.2) is 0 Å². The molecule has 3 rings (SSSR count). The summed E-state index contributed by atoms with van der Waals surface area (Å²) in [6.07, 6.45) is 20.0. The molecule has 6 unspecified atom stereocenters. The molecule has 0 radical (unpaired) electrons. The third-order valence-electron chi connectivity index (χ3n) is 7.62. The molecule has 0 spiro atoms. The lowest BCUT2D eigenvalue weighted by Crippen LogP contribution is -2.36. The van der Waals surface area contributed by atoms with Crippen LogP contribution in [0, 0.1) is 35.5 Å². The van der Waals surface area contributed by atoms with Crippen LogP contribution < -0.4 is 0 Å². The van der Waals surface area contributed by atoms with Gasteiger partial charge in [0.1, 0.15) is 0 Å². The fraction of sp³-hybridized carbons (Fsp3) is 0.926. The van der Waals surface area contributed by atoms with Gasteiger partial charge >= 0.3 is 0 Å². The first-order valence-electron chi connectivity index (χ1n) is 12.8. The second kappa shape index (κ2) is 16.7. The van der Waals surface area contributed by atoms with Gasteiger partial charge in [0.15, 0.2) is 0 Å². The molecule has 0 saturated heterocycles. The molecule has 0 heterocycles. The van der Waals surface area contributed by atoms with Crippen LogP contribution in [0.3, 0.4) is 0 Å². The Bertz CT molecular complexity index is 320. The Morgan fingerprint density at radius 2 is 1.33 bits per heavy atom. The minimum atomic E-state index is 1.02. The maximum atomic E-state index is 3.00. The molecule has 3 aliphatic rings. The Balaban J connectivity index is 0.00000103. The molecule has 0 bridgehead atoms. The summed E-state index contributed by atoms with van der Waals surface area (Å²) in [6, 6.07) is 0. The Hall–Kier alpha value is -0.260. The maximum Gasteiger partial charge on any atom is -0.0355 e. The summed E-state index contributed by atoms with van der Waals surface area (Å²) < 4.78 is 0. The van der Waals surface area contributed by atoms with Gasteiger partial charge in [-0.05, 0) is 61.2 Å². The van der Waals surface area contributed by atoms with E-state index in [1.807, 2.05) is 27.7 Å². The van der Waals surface area contributed by atoms with E-state index in [4.69, 9.17) is 0 Å². The van der Waals surface area contributed by atoms with Crippen molar-refractivity contribution >= 4 is 0 Å². The van der Waals surface area contributed by atoms with Crippen LogP contribution in [-0.4, -0.2) is 0 Å². The van der Waals surface area contributed by atoms with Crippen LogP contribution in [0.5, 0.6) is 0 Å². The smallest absolute Gasteiger partial charge is 0.0355 e. The average molecular weight is 379 g/mol. The highest BCUT2D eigenvalue weighted by Crippen LogP contribution is 2.48. The van der Waals surface area contributed by atoms with Gasteiger partial charge in [0.05, 0.1) is 0 Å². The molecular weight excluding hydrogens is 324 g/mol. The number of rotatable bonds is 4. The molecular formula is C27H54. The predicted molar refractivity (Wildman–Crippen MR) is 126 cm³/mol. The van der Waals surface area contributed by atoms with Crippen LogP contribution in [-0.2, 0) is 0 Å². The van der Waals surface area contributed by atoms with Crippen LogP contribution in [0.25, 0.3) is 0 Å². The van der Waals surface area contributed by atoms with E-state index in [1.165, 1.54) is 38.5 Å². The van der Waals surface area contributed by atoms with Crippen LogP contribution in [0.1, 0.15) is 125 Å². The molecule has 27 heavy (non-hydrogen) atoms. The van der Waals surface area contributed by atoms with Crippen molar-refractivity contribution in [2.75, 3.05) is 0 Å². The number of hydrogen-bond acceptors (Lipinski definition) is 0. The van der Waals surface area contributed by atoms with Crippen molar-refractivity contribution in [3.8, 4) is 0 Å². The lowest BCUT2D eigenvalue weighted by molar-refractivity contribution is 0.0499. The highest BCUT2D eigenvalue weighted by molar-refractivity contribution is 4.88. The number of fused-ring (bicyclic) bond motifs is 1. The van der Waals surface area contributed by atoms with Crippen molar-refractivity contribution in [2.24, 2.45) is 35.5 Å². The minimum Gasteiger partial charge on any atom is -0.106 e. The first kappa shape index (κ1) is 26.7. The van der Waals surface area contributed by atoms with E-state index in [2.05, 4.69) is 27.0 Å². The third kappa shape index (κ3) is 8.74. The molecule has 3 fully saturated rings. The molecule has 0 nitrogen and oxygen atoms in total. The largest absolute Gasteiger partial charge is 0.106 e. The Kier molecular flexibility index (Phi) is 16.5. The molecule has 3 saturated carbocycles. The maximum absolute atomic E-state index is 3.00.